The molecule has 1 N–H and O–H groups in total. The minimum absolute atomic E-state index is 0.0983. The fourth-order valence-corrected chi connectivity index (χ4v) is 3.34. The number of aromatic amines is 1. The van der Waals surface area contributed by atoms with Crippen LogP contribution in [0.4, 0.5) is 0 Å². The average Bonchev–Trinajstić information content (AvgIpc) is 3.25. The Morgan fingerprint density at radius 1 is 1.40 bits per heavy atom. The molecule has 1 fully saturated rings. The fraction of sp³-hybridized carbons (Fsp3) is 0.316. The van der Waals surface area contributed by atoms with E-state index in [1.165, 1.54) is 0 Å². The third kappa shape index (κ3) is 2.89. The number of rotatable bonds is 4. The number of benzene rings is 1. The van der Waals surface area contributed by atoms with Crippen molar-refractivity contribution < 1.29 is 9.53 Å². The summed E-state index contributed by atoms with van der Waals surface area (Å²) in [4.78, 5) is 30.3. The van der Waals surface area contributed by atoms with Gasteiger partial charge in [-0.2, -0.15) is 0 Å². The Kier molecular flexibility index (Phi) is 3.97. The lowest BCUT2D eigenvalue weighted by atomic mass is 10.1. The number of nitrogens with one attached hydrogen (secondary N) is 1. The van der Waals surface area contributed by atoms with Gasteiger partial charge < -0.3 is 14.3 Å². The van der Waals surface area contributed by atoms with Crippen molar-refractivity contribution in [2.24, 2.45) is 5.92 Å². The van der Waals surface area contributed by atoms with Crippen molar-refractivity contribution in [3.63, 3.8) is 0 Å². The molecule has 1 aromatic carbocycles. The molecule has 1 aliphatic rings. The first-order chi connectivity index (χ1) is 12.2. The summed E-state index contributed by atoms with van der Waals surface area (Å²) in [6.45, 7) is 4.12. The van der Waals surface area contributed by atoms with E-state index in [1.807, 2.05) is 12.1 Å². The van der Waals surface area contributed by atoms with Gasteiger partial charge in [-0.25, -0.2) is 4.98 Å². The van der Waals surface area contributed by atoms with E-state index in [1.54, 1.807) is 25.3 Å². The molecule has 0 saturated carbocycles. The van der Waals surface area contributed by atoms with Crippen molar-refractivity contribution >= 4 is 17.3 Å². The van der Waals surface area contributed by atoms with Gasteiger partial charge in [0.2, 0.25) is 0 Å². The molecule has 1 aliphatic heterocycles. The highest BCUT2D eigenvalue weighted by atomic mass is 16.5. The van der Waals surface area contributed by atoms with E-state index in [0.717, 1.165) is 54.9 Å². The molecule has 1 unspecified atom stereocenters. The second kappa shape index (κ2) is 6.29. The summed E-state index contributed by atoms with van der Waals surface area (Å²) in [6.07, 6.45) is 3.54. The van der Waals surface area contributed by atoms with Crippen LogP contribution in [-0.4, -0.2) is 34.0 Å². The summed E-state index contributed by atoms with van der Waals surface area (Å²) in [5, 5.41) is 0. The molecule has 0 bridgehead atoms. The number of hydrogen-bond donors (Lipinski definition) is 1. The molecular weight excluding hydrogens is 318 g/mol. The molecule has 0 radical (unpaired) electrons. The molecular formula is C19H19N3O3. The van der Waals surface area contributed by atoms with E-state index in [0.29, 0.717) is 17.0 Å². The largest absolute Gasteiger partial charge is 0.381 e. The molecule has 6 nitrogen and oxygen atoms in total. The predicted molar refractivity (Wildman–Crippen MR) is 94.8 cm³/mol. The highest BCUT2D eigenvalue weighted by Gasteiger charge is 2.21. The molecule has 128 valence electrons. The summed E-state index contributed by atoms with van der Waals surface area (Å²) in [5.74, 6) is 1.23. The van der Waals surface area contributed by atoms with Crippen LogP contribution in [0.2, 0.25) is 0 Å². The summed E-state index contributed by atoms with van der Waals surface area (Å²) in [7, 11) is 0. The summed E-state index contributed by atoms with van der Waals surface area (Å²) in [6, 6.07) is 7.39. The number of carbonyl (C=O) groups excluding carboxylic acids is 1. The van der Waals surface area contributed by atoms with Crippen molar-refractivity contribution in [2.45, 2.75) is 19.9 Å². The maximum atomic E-state index is 11.7. The highest BCUT2D eigenvalue weighted by molar-refractivity contribution is 5.87. The molecule has 3 heterocycles. The minimum Gasteiger partial charge on any atom is -0.381 e. The maximum absolute atomic E-state index is 11.7. The first kappa shape index (κ1) is 15.8. The number of ether oxygens (including phenoxy) is 1. The quantitative estimate of drug-likeness (QED) is 0.742. The number of aldehydes is 1. The Morgan fingerprint density at radius 2 is 2.28 bits per heavy atom. The zero-order valence-electron chi connectivity index (χ0n) is 14.0. The molecule has 0 amide bonds. The van der Waals surface area contributed by atoms with Gasteiger partial charge in [0.05, 0.1) is 17.6 Å². The number of nitrogens with zero attached hydrogens (tertiary/aromatic N) is 2. The first-order valence-electron chi connectivity index (χ1n) is 8.38. The SMILES string of the molecule is Cc1cc(-c2nc3cc(C=O)ccc3n2CC2CCOC2)c[nH]c1=O. The molecule has 0 spiro atoms. The number of hydrogen-bond acceptors (Lipinski definition) is 4. The average molecular weight is 337 g/mol. The fourth-order valence-electron chi connectivity index (χ4n) is 3.34. The van der Waals surface area contributed by atoms with Crippen molar-refractivity contribution in [3.8, 4) is 11.4 Å². The standard InChI is InChI=1S/C19H19N3O3/c1-12-6-15(8-20-19(12)24)18-21-16-7-13(10-23)2-3-17(16)22(18)9-14-4-5-25-11-14/h2-3,6-8,10,14H,4-5,9,11H2,1H3,(H,20,24). The van der Waals surface area contributed by atoms with Gasteiger partial charge in [0.15, 0.2) is 0 Å². The highest BCUT2D eigenvalue weighted by Crippen LogP contribution is 2.28. The van der Waals surface area contributed by atoms with Crippen molar-refractivity contribution in [1.82, 2.24) is 14.5 Å². The Labute approximate surface area is 144 Å². The molecule has 0 aliphatic carbocycles. The van der Waals surface area contributed by atoms with Crippen molar-refractivity contribution in [3.05, 3.63) is 51.9 Å². The van der Waals surface area contributed by atoms with Crippen molar-refractivity contribution in [2.75, 3.05) is 13.2 Å². The zero-order chi connectivity index (χ0) is 17.4. The van der Waals surface area contributed by atoms with Gasteiger partial charge in [-0.1, -0.05) is 0 Å². The lowest BCUT2D eigenvalue weighted by Crippen LogP contribution is -2.13. The van der Waals surface area contributed by atoms with E-state index in [-0.39, 0.29) is 5.56 Å². The molecule has 4 rings (SSSR count). The van der Waals surface area contributed by atoms with Crippen LogP contribution in [0.5, 0.6) is 0 Å². The normalized spacial score (nSPS) is 17.2. The number of fused-ring (bicyclic) bond motifs is 1. The zero-order valence-corrected chi connectivity index (χ0v) is 14.0. The van der Waals surface area contributed by atoms with E-state index in [4.69, 9.17) is 9.72 Å². The van der Waals surface area contributed by atoms with Crippen LogP contribution in [0.3, 0.4) is 0 Å². The van der Waals surface area contributed by atoms with Gasteiger partial charge >= 0.3 is 0 Å². The van der Waals surface area contributed by atoms with E-state index < -0.39 is 0 Å². The van der Waals surface area contributed by atoms with Gasteiger partial charge in [0.25, 0.3) is 5.56 Å². The Hall–Kier alpha value is -2.73. The smallest absolute Gasteiger partial charge is 0.250 e. The van der Waals surface area contributed by atoms with Gasteiger partial charge in [0, 0.05) is 42.0 Å². The monoisotopic (exact) mass is 337 g/mol. The van der Waals surface area contributed by atoms with Gasteiger partial charge in [-0.15, -0.1) is 0 Å². The summed E-state index contributed by atoms with van der Waals surface area (Å²) >= 11 is 0. The minimum atomic E-state index is -0.0983. The Balaban J connectivity index is 1.89. The maximum Gasteiger partial charge on any atom is 0.250 e. The van der Waals surface area contributed by atoms with Crippen molar-refractivity contribution in [1.29, 1.82) is 0 Å². The molecule has 1 atom stereocenters. The molecule has 3 aromatic rings. The summed E-state index contributed by atoms with van der Waals surface area (Å²) in [5.41, 5.74) is 3.77. The van der Waals surface area contributed by atoms with Crippen LogP contribution in [-0.2, 0) is 11.3 Å². The van der Waals surface area contributed by atoms with Crippen LogP contribution in [0.25, 0.3) is 22.4 Å². The molecule has 1 saturated heterocycles. The van der Waals surface area contributed by atoms with Gasteiger partial charge in [-0.05, 0) is 37.6 Å². The van der Waals surface area contributed by atoms with Crippen LogP contribution in [0.15, 0.2) is 35.3 Å². The molecule has 25 heavy (non-hydrogen) atoms. The Morgan fingerprint density at radius 3 is 3.00 bits per heavy atom. The number of aromatic nitrogens is 3. The van der Waals surface area contributed by atoms with Crippen LogP contribution < -0.4 is 5.56 Å². The molecule has 2 aromatic heterocycles. The Bertz CT molecular complexity index is 997. The van der Waals surface area contributed by atoms with E-state index in [9.17, 15) is 9.59 Å². The lowest BCUT2D eigenvalue weighted by Gasteiger charge is -2.13. The topological polar surface area (TPSA) is 77.0 Å². The third-order valence-corrected chi connectivity index (χ3v) is 4.72. The van der Waals surface area contributed by atoms with E-state index >= 15 is 0 Å². The second-order valence-electron chi connectivity index (χ2n) is 6.54. The summed E-state index contributed by atoms with van der Waals surface area (Å²) < 4.78 is 7.67. The lowest BCUT2D eigenvalue weighted by molar-refractivity contribution is 0.112. The van der Waals surface area contributed by atoms with Gasteiger partial charge in [0.1, 0.15) is 12.1 Å². The number of H-pyrrole nitrogens is 1. The number of pyridine rings is 1. The number of aryl methyl sites for hydroxylation is 1. The first-order valence-corrected chi connectivity index (χ1v) is 8.38. The van der Waals surface area contributed by atoms with E-state index in [2.05, 4.69) is 9.55 Å². The van der Waals surface area contributed by atoms with Gasteiger partial charge in [-0.3, -0.25) is 9.59 Å². The third-order valence-electron chi connectivity index (χ3n) is 4.72. The predicted octanol–water partition coefficient (Wildman–Crippen LogP) is 2.55. The van der Waals surface area contributed by atoms with Crippen LogP contribution >= 0.6 is 0 Å². The van der Waals surface area contributed by atoms with Crippen LogP contribution in [0.1, 0.15) is 22.3 Å². The second-order valence-corrected chi connectivity index (χ2v) is 6.54. The number of imidazole rings is 1. The number of carbonyl (C=O) groups is 1. The van der Waals surface area contributed by atoms with Crippen LogP contribution in [0, 0.1) is 12.8 Å². The molecule has 6 heteroatoms.